The van der Waals surface area contributed by atoms with Crippen LogP contribution in [-0.2, 0) is 32.4 Å². The van der Waals surface area contributed by atoms with Gasteiger partial charge in [0.25, 0.3) is 11.8 Å². The van der Waals surface area contributed by atoms with Gasteiger partial charge >= 0.3 is 6.18 Å². The molecule has 0 aliphatic rings. The number of nitrogens with one attached hydrogen (secondary N) is 2. The van der Waals surface area contributed by atoms with Crippen molar-refractivity contribution in [3.8, 4) is 0 Å². The van der Waals surface area contributed by atoms with Crippen LogP contribution in [0.2, 0.25) is 0 Å². The highest BCUT2D eigenvalue weighted by Gasteiger charge is 2.31. The lowest BCUT2D eigenvalue weighted by Crippen LogP contribution is -2.23. The molecule has 0 aliphatic heterocycles. The molecule has 0 bridgehead atoms. The molecule has 12 nitrogen and oxygen atoms in total. The number of rotatable bonds is 12. The normalized spacial score (nSPS) is 12.4. The number of nitrogens with zero attached hydrogens (tertiary/aromatic N) is 8. The monoisotopic (exact) mass is 588 g/mol. The Balaban J connectivity index is 1.21. The number of aryl methyl sites for hydroxylation is 1. The van der Waals surface area contributed by atoms with Gasteiger partial charge in [0.2, 0.25) is 0 Å². The summed E-state index contributed by atoms with van der Waals surface area (Å²) < 4.78 is 55.6. The van der Waals surface area contributed by atoms with Crippen molar-refractivity contribution in [2.45, 2.75) is 64.7 Å². The van der Waals surface area contributed by atoms with Crippen molar-refractivity contribution in [2.75, 3.05) is 0 Å². The van der Waals surface area contributed by atoms with E-state index in [0.717, 1.165) is 16.3 Å². The lowest BCUT2D eigenvalue weighted by molar-refractivity contribution is -0.137. The van der Waals surface area contributed by atoms with Crippen molar-refractivity contribution in [3.05, 3.63) is 83.0 Å². The van der Waals surface area contributed by atoms with Crippen molar-refractivity contribution in [1.82, 2.24) is 50.6 Å². The first-order chi connectivity index (χ1) is 20.0. The van der Waals surface area contributed by atoms with Crippen LogP contribution >= 0.6 is 0 Å². The molecule has 0 saturated carbocycles. The van der Waals surface area contributed by atoms with E-state index in [2.05, 4.69) is 55.1 Å². The Morgan fingerprint density at radius 3 is 2.31 bits per heavy atom. The lowest BCUT2D eigenvalue weighted by Gasteiger charge is -2.08. The van der Waals surface area contributed by atoms with Crippen LogP contribution in [0.25, 0.3) is 0 Å². The Labute approximate surface area is 237 Å². The van der Waals surface area contributed by atoms with Gasteiger partial charge in [-0.1, -0.05) is 24.3 Å². The summed E-state index contributed by atoms with van der Waals surface area (Å²) in [5.41, 5.74) is 0.998. The van der Waals surface area contributed by atoms with Gasteiger partial charge in [0.05, 0.1) is 36.7 Å². The third kappa shape index (κ3) is 8.37. The van der Waals surface area contributed by atoms with E-state index in [9.17, 15) is 27.2 Å². The summed E-state index contributed by atoms with van der Waals surface area (Å²) in [5, 5.41) is 20.3. The van der Waals surface area contributed by atoms with Crippen LogP contribution < -0.4 is 10.6 Å². The highest BCUT2D eigenvalue weighted by molar-refractivity contribution is 5.92. The molecule has 16 heteroatoms. The molecule has 4 rings (SSSR count). The number of halogens is 4. The maximum absolute atomic E-state index is 14.6. The largest absolute Gasteiger partial charge is 0.417 e. The van der Waals surface area contributed by atoms with E-state index in [4.69, 9.17) is 0 Å². The van der Waals surface area contributed by atoms with Gasteiger partial charge < -0.3 is 10.6 Å². The fourth-order valence-corrected chi connectivity index (χ4v) is 3.80. The Morgan fingerprint density at radius 2 is 1.62 bits per heavy atom. The number of pyridine rings is 2. The van der Waals surface area contributed by atoms with Crippen molar-refractivity contribution >= 4 is 11.8 Å². The Bertz CT molecular complexity index is 1520. The molecule has 0 aliphatic carbocycles. The molecule has 4 aromatic heterocycles. The molecular weight excluding hydrogens is 560 g/mol. The zero-order valence-electron chi connectivity index (χ0n) is 22.7. The zero-order valence-corrected chi connectivity index (χ0v) is 22.7. The first-order valence-corrected chi connectivity index (χ1v) is 12.9. The fraction of sp³-hybridized carbons (Fsp3) is 0.385. The fourth-order valence-electron chi connectivity index (χ4n) is 3.80. The van der Waals surface area contributed by atoms with Gasteiger partial charge in [0, 0.05) is 38.1 Å². The Kier molecular flexibility index (Phi) is 9.54. The number of hydrogen-bond donors (Lipinski definition) is 2. The van der Waals surface area contributed by atoms with Gasteiger partial charge in [0.15, 0.2) is 11.4 Å². The second-order valence-corrected chi connectivity index (χ2v) is 9.76. The average molecular weight is 589 g/mol. The molecule has 0 aromatic carbocycles. The van der Waals surface area contributed by atoms with Crippen LogP contribution in [0.5, 0.6) is 0 Å². The molecule has 1 atom stereocenters. The quantitative estimate of drug-likeness (QED) is 0.240. The van der Waals surface area contributed by atoms with Crippen molar-refractivity contribution in [1.29, 1.82) is 0 Å². The zero-order chi connectivity index (χ0) is 30.3. The average Bonchev–Trinajstić information content (AvgIpc) is 3.63. The van der Waals surface area contributed by atoms with Crippen LogP contribution in [0.3, 0.4) is 0 Å². The number of amides is 2. The third-order valence-corrected chi connectivity index (χ3v) is 6.11. The van der Waals surface area contributed by atoms with Gasteiger partial charge in [-0.15, -0.1) is 10.2 Å². The summed E-state index contributed by atoms with van der Waals surface area (Å²) >= 11 is 0. The minimum atomic E-state index is -4.55. The maximum atomic E-state index is 14.6. The Hall–Kier alpha value is -4.76. The lowest BCUT2D eigenvalue weighted by atomic mass is 10.0. The molecule has 222 valence electrons. The van der Waals surface area contributed by atoms with Crippen molar-refractivity contribution in [2.24, 2.45) is 0 Å². The van der Waals surface area contributed by atoms with E-state index in [1.54, 1.807) is 6.20 Å². The molecule has 4 heterocycles. The first kappa shape index (κ1) is 30.2. The predicted octanol–water partition coefficient (Wildman–Crippen LogP) is 3.09. The number of aromatic nitrogens is 8. The summed E-state index contributed by atoms with van der Waals surface area (Å²) in [5.74, 6) is -0.796. The number of carbonyl (C=O) groups excluding carboxylic acids is 2. The van der Waals surface area contributed by atoms with Crippen LogP contribution in [0, 0.1) is 0 Å². The van der Waals surface area contributed by atoms with E-state index in [0.29, 0.717) is 17.8 Å². The highest BCUT2D eigenvalue weighted by Crippen LogP contribution is 2.28. The van der Waals surface area contributed by atoms with Gasteiger partial charge in [-0.25, -0.2) is 9.07 Å². The summed E-state index contributed by atoms with van der Waals surface area (Å²) in [4.78, 5) is 32.5. The smallest absolute Gasteiger partial charge is 0.346 e. The standard InChI is InChI=1S/C26H28F4N10O2/c1-16(2)18-3-5-32-21(8-18)12-34-25(42)22-14-39(37-35-22)6-4-20(27)13-40-15-23(36-38-40)24(41)33-10-17-7-19(11-31-9-17)26(28,29)30/h3,5,7-9,11,14-16,20H,4,6,10,12-13H2,1-2H3,(H,33,41)(H,34,42). The molecule has 2 N–H and O–H groups in total. The number of hydrogen-bond acceptors (Lipinski definition) is 8. The first-order valence-electron chi connectivity index (χ1n) is 12.9. The minimum Gasteiger partial charge on any atom is -0.346 e. The van der Waals surface area contributed by atoms with Gasteiger partial charge in [-0.05, 0) is 35.2 Å². The van der Waals surface area contributed by atoms with E-state index < -0.39 is 29.7 Å². The molecule has 0 saturated heterocycles. The summed E-state index contributed by atoms with van der Waals surface area (Å²) in [7, 11) is 0. The number of carbonyl (C=O) groups is 2. The number of alkyl halides is 4. The van der Waals surface area contributed by atoms with Crippen molar-refractivity contribution < 1.29 is 27.2 Å². The molecular formula is C26H28F4N10O2. The molecule has 0 radical (unpaired) electrons. The van der Waals surface area contributed by atoms with E-state index in [1.807, 2.05) is 12.1 Å². The summed E-state index contributed by atoms with van der Waals surface area (Å²) in [6.07, 6.45) is 0.304. The topological polar surface area (TPSA) is 145 Å². The molecule has 2 amide bonds. The maximum Gasteiger partial charge on any atom is 0.417 e. The van der Waals surface area contributed by atoms with Crippen LogP contribution in [0.15, 0.2) is 49.2 Å². The van der Waals surface area contributed by atoms with Crippen LogP contribution in [0.4, 0.5) is 17.6 Å². The van der Waals surface area contributed by atoms with Crippen molar-refractivity contribution in [3.63, 3.8) is 0 Å². The molecule has 0 spiro atoms. The Morgan fingerprint density at radius 1 is 0.952 bits per heavy atom. The van der Waals surface area contributed by atoms with Crippen LogP contribution in [-0.4, -0.2) is 57.9 Å². The third-order valence-electron chi connectivity index (χ3n) is 6.11. The second kappa shape index (κ2) is 13.3. The SMILES string of the molecule is CC(C)c1ccnc(CNC(=O)c2cn(CCC(F)Cn3cc(C(=O)NCc4cncc(C(F)(F)F)c4)nn3)nn2)c1. The highest BCUT2D eigenvalue weighted by atomic mass is 19.4. The molecule has 42 heavy (non-hydrogen) atoms. The van der Waals surface area contributed by atoms with Gasteiger partial charge in [-0.3, -0.25) is 24.2 Å². The van der Waals surface area contributed by atoms with E-state index in [1.165, 1.54) is 23.3 Å². The molecule has 1 unspecified atom stereocenters. The summed E-state index contributed by atoms with van der Waals surface area (Å²) in [6, 6.07) is 4.73. The van der Waals surface area contributed by atoms with E-state index in [-0.39, 0.29) is 49.6 Å². The molecule has 0 fully saturated rings. The van der Waals surface area contributed by atoms with E-state index >= 15 is 0 Å². The predicted molar refractivity (Wildman–Crippen MR) is 139 cm³/mol. The minimum absolute atomic E-state index is 0.0142. The molecule has 4 aromatic rings. The summed E-state index contributed by atoms with van der Waals surface area (Å²) in [6.45, 7) is 4.06. The van der Waals surface area contributed by atoms with Gasteiger partial charge in [0.1, 0.15) is 6.17 Å². The van der Waals surface area contributed by atoms with Crippen LogP contribution in [0.1, 0.15) is 69.5 Å². The second-order valence-electron chi connectivity index (χ2n) is 9.76. The van der Waals surface area contributed by atoms with Gasteiger partial charge in [-0.2, -0.15) is 13.2 Å².